The van der Waals surface area contributed by atoms with Crippen molar-refractivity contribution in [2.75, 3.05) is 19.6 Å². The minimum Gasteiger partial charge on any atom is -0.357 e. The first-order valence-corrected chi connectivity index (χ1v) is 12.1. The van der Waals surface area contributed by atoms with Gasteiger partial charge in [0.05, 0.1) is 17.5 Å². The van der Waals surface area contributed by atoms with Crippen LogP contribution >= 0.6 is 0 Å². The van der Waals surface area contributed by atoms with Crippen LogP contribution in [0.4, 0.5) is 0 Å². The summed E-state index contributed by atoms with van der Waals surface area (Å²) in [4.78, 5) is 5.04. The van der Waals surface area contributed by atoms with Gasteiger partial charge >= 0.3 is 0 Å². The number of hydrogen-bond acceptors (Lipinski definition) is 3. The number of piperidine rings is 1. The van der Waals surface area contributed by atoms with Crippen molar-refractivity contribution in [3.8, 4) is 0 Å². The molecule has 0 radical (unpaired) electrons. The Morgan fingerprint density at radius 2 is 1.70 bits per heavy atom. The van der Waals surface area contributed by atoms with Crippen LogP contribution in [0.5, 0.6) is 0 Å². The highest BCUT2D eigenvalue weighted by Gasteiger charge is 2.27. The minimum absolute atomic E-state index is 0.0799. The van der Waals surface area contributed by atoms with E-state index in [9.17, 15) is 8.42 Å². The van der Waals surface area contributed by atoms with Crippen LogP contribution in [-0.2, 0) is 16.6 Å². The molecule has 1 saturated heterocycles. The Kier molecular flexibility index (Phi) is 7.87. The van der Waals surface area contributed by atoms with Crippen molar-refractivity contribution in [2.24, 2.45) is 4.99 Å². The van der Waals surface area contributed by atoms with Gasteiger partial charge in [-0.05, 0) is 43.9 Å². The fourth-order valence-corrected chi connectivity index (χ4v) is 5.38. The van der Waals surface area contributed by atoms with E-state index in [1.54, 1.807) is 16.4 Å². The van der Waals surface area contributed by atoms with Crippen LogP contribution in [0, 0.1) is 0 Å². The van der Waals surface area contributed by atoms with E-state index >= 15 is 0 Å². The van der Waals surface area contributed by atoms with Gasteiger partial charge in [-0.15, -0.1) is 0 Å². The van der Waals surface area contributed by atoms with Gasteiger partial charge in [-0.25, -0.2) is 13.4 Å². The van der Waals surface area contributed by atoms with Crippen molar-refractivity contribution in [2.45, 2.75) is 50.6 Å². The van der Waals surface area contributed by atoms with Crippen molar-refractivity contribution >= 4 is 16.0 Å². The summed E-state index contributed by atoms with van der Waals surface area (Å²) < 4.78 is 28.0. The molecule has 0 aliphatic carbocycles. The van der Waals surface area contributed by atoms with E-state index in [4.69, 9.17) is 0 Å². The number of sulfonamides is 1. The molecule has 1 fully saturated rings. The lowest BCUT2D eigenvalue weighted by Gasteiger charge is -2.26. The zero-order chi connectivity index (χ0) is 21.4. The van der Waals surface area contributed by atoms with Gasteiger partial charge in [-0.3, -0.25) is 0 Å². The second kappa shape index (κ2) is 10.6. The molecule has 7 heteroatoms. The molecule has 0 bridgehead atoms. The molecule has 6 nitrogen and oxygen atoms in total. The van der Waals surface area contributed by atoms with Crippen LogP contribution in [0.15, 0.2) is 64.5 Å². The topological polar surface area (TPSA) is 73.8 Å². The molecule has 1 atom stereocenters. The summed E-state index contributed by atoms with van der Waals surface area (Å²) in [6, 6.07) is 17.4. The van der Waals surface area contributed by atoms with Crippen molar-refractivity contribution in [1.29, 1.82) is 0 Å². The quantitative estimate of drug-likeness (QED) is 0.521. The first-order chi connectivity index (χ1) is 14.5. The Hall–Kier alpha value is -2.38. The number of hydrogen-bond donors (Lipinski definition) is 2. The summed E-state index contributed by atoms with van der Waals surface area (Å²) >= 11 is 0. The van der Waals surface area contributed by atoms with Gasteiger partial charge in [0.1, 0.15) is 0 Å². The summed E-state index contributed by atoms with van der Waals surface area (Å²) in [6.45, 7) is 6.30. The van der Waals surface area contributed by atoms with Gasteiger partial charge in [0.15, 0.2) is 5.96 Å². The van der Waals surface area contributed by atoms with E-state index in [1.807, 2.05) is 37.3 Å². The van der Waals surface area contributed by atoms with Crippen LogP contribution in [0.3, 0.4) is 0 Å². The Morgan fingerprint density at radius 1 is 1.03 bits per heavy atom. The SMILES string of the molecule is CCNC(=NCc1ccccc1S(=O)(=O)N1CCCCC1)NC(C)c1ccccc1. The number of aliphatic imine (C=N–C) groups is 1. The third-order valence-electron chi connectivity index (χ3n) is 5.31. The predicted octanol–water partition coefficient (Wildman–Crippen LogP) is 3.68. The molecule has 2 aromatic carbocycles. The molecule has 3 rings (SSSR count). The predicted molar refractivity (Wildman–Crippen MR) is 122 cm³/mol. The van der Waals surface area contributed by atoms with Crippen molar-refractivity contribution in [3.63, 3.8) is 0 Å². The molecule has 0 saturated carbocycles. The van der Waals surface area contributed by atoms with Crippen LogP contribution in [0.25, 0.3) is 0 Å². The summed E-state index contributed by atoms with van der Waals surface area (Å²) in [5, 5.41) is 6.66. The van der Waals surface area contributed by atoms with E-state index in [1.165, 1.54) is 0 Å². The Bertz CT molecular complexity index is 939. The van der Waals surface area contributed by atoms with Crippen molar-refractivity contribution in [3.05, 3.63) is 65.7 Å². The average molecular weight is 429 g/mol. The maximum atomic E-state index is 13.2. The third kappa shape index (κ3) is 5.61. The van der Waals surface area contributed by atoms with Crippen molar-refractivity contribution in [1.82, 2.24) is 14.9 Å². The second-order valence-corrected chi connectivity index (χ2v) is 9.45. The highest BCUT2D eigenvalue weighted by Crippen LogP contribution is 2.24. The van der Waals surface area contributed by atoms with Gasteiger partial charge in [0, 0.05) is 19.6 Å². The third-order valence-corrected chi connectivity index (χ3v) is 7.31. The maximum Gasteiger partial charge on any atom is 0.243 e. The first-order valence-electron chi connectivity index (χ1n) is 10.7. The van der Waals surface area contributed by atoms with E-state index in [-0.39, 0.29) is 6.04 Å². The molecule has 1 aliphatic rings. The molecule has 0 aromatic heterocycles. The molecular formula is C23H32N4O2S. The normalized spacial score (nSPS) is 16.8. The molecule has 1 unspecified atom stereocenters. The number of nitrogens with zero attached hydrogens (tertiary/aromatic N) is 2. The van der Waals surface area contributed by atoms with Crippen LogP contribution in [0.1, 0.15) is 50.3 Å². The lowest BCUT2D eigenvalue weighted by molar-refractivity contribution is 0.346. The molecular weight excluding hydrogens is 396 g/mol. The van der Waals surface area contributed by atoms with E-state index in [0.717, 1.165) is 31.4 Å². The number of nitrogens with one attached hydrogen (secondary N) is 2. The summed E-state index contributed by atoms with van der Waals surface area (Å²) in [6.07, 6.45) is 2.94. The van der Waals surface area contributed by atoms with Gasteiger partial charge in [0.25, 0.3) is 0 Å². The van der Waals surface area contributed by atoms with E-state index < -0.39 is 10.0 Å². The Labute approximate surface area is 180 Å². The zero-order valence-corrected chi connectivity index (χ0v) is 18.7. The standard InChI is InChI=1S/C23H32N4O2S/c1-3-24-23(26-19(2)20-12-6-4-7-13-20)25-18-21-14-8-9-15-22(21)30(28,29)27-16-10-5-11-17-27/h4,6-9,12-15,19H,3,5,10-11,16-18H2,1-2H3,(H2,24,25,26). The molecule has 1 aliphatic heterocycles. The van der Waals surface area contributed by atoms with Crippen LogP contribution in [-0.4, -0.2) is 38.3 Å². The van der Waals surface area contributed by atoms with E-state index in [2.05, 4.69) is 34.7 Å². The van der Waals surface area contributed by atoms with Crippen molar-refractivity contribution < 1.29 is 8.42 Å². The number of benzene rings is 2. The molecule has 2 aromatic rings. The van der Waals surface area contributed by atoms with E-state index in [0.29, 0.717) is 36.1 Å². The molecule has 0 amide bonds. The molecule has 1 heterocycles. The van der Waals surface area contributed by atoms with Gasteiger partial charge in [0.2, 0.25) is 10.0 Å². The zero-order valence-electron chi connectivity index (χ0n) is 17.8. The minimum atomic E-state index is -3.50. The summed E-state index contributed by atoms with van der Waals surface area (Å²) in [5.74, 6) is 0.666. The second-order valence-electron chi connectivity index (χ2n) is 7.54. The number of rotatable bonds is 7. The smallest absolute Gasteiger partial charge is 0.243 e. The van der Waals surface area contributed by atoms with Crippen LogP contribution < -0.4 is 10.6 Å². The summed E-state index contributed by atoms with van der Waals surface area (Å²) in [5.41, 5.74) is 1.88. The number of guanidine groups is 1. The lowest BCUT2D eigenvalue weighted by atomic mass is 10.1. The lowest BCUT2D eigenvalue weighted by Crippen LogP contribution is -2.38. The largest absolute Gasteiger partial charge is 0.357 e. The fraction of sp³-hybridized carbons (Fsp3) is 0.435. The average Bonchev–Trinajstić information content (AvgIpc) is 2.79. The van der Waals surface area contributed by atoms with Gasteiger partial charge < -0.3 is 10.6 Å². The Morgan fingerprint density at radius 3 is 2.40 bits per heavy atom. The first kappa shape index (κ1) is 22.3. The highest BCUT2D eigenvalue weighted by atomic mass is 32.2. The van der Waals surface area contributed by atoms with Crippen LogP contribution in [0.2, 0.25) is 0 Å². The fourth-order valence-electron chi connectivity index (χ4n) is 3.64. The molecule has 162 valence electrons. The molecule has 0 spiro atoms. The monoisotopic (exact) mass is 428 g/mol. The van der Waals surface area contributed by atoms with Gasteiger partial charge in [-0.1, -0.05) is 55.0 Å². The summed E-state index contributed by atoms with van der Waals surface area (Å²) in [7, 11) is -3.50. The Balaban J connectivity index is 1.79. The molecule has 30 heavy (non-hydrogen) atoms. The van der Waals surface area contributed by atoms with Gasteiger partial charge in [-0.2, -0.15) is 4.31 Å². The maximum absolute atomic E-state index is 13.2. The molecule has 2 N–H and O–H groups in total. The highest BCUT2D eigenvalue weighted by molar-refractivity contribution is 7.89.